The molecule has 0 saturated heterocycles. The Morgan fingerprint density at radius 3 is 2.58 bits per heavy atom. The van der Waals surface area contributed by atoms with Gasteiger partial charge in [-0.15, -0.1) is 5.10 Å². The quantitative estimate of drug-likeness (QED) is 0.733. The topological polar surface area (TPSA) is 111 Å². The first-order chi connectivity index (χ1) is 8.76. The SMILES string of the molecule is CN(C)C(C)(C)n1nnc2c(C(N)=O)ncn2c1=O. The van der Waals surface area contributed by atoms with E-state index >= 15 is 0 Å². The van der Waals surface area contributed by atoms with Crippen LogP contribution in [0.3, 0.4) is 0 Å². The Balaban J connectivity index is 2.73. The van der Waals surface area contributed by atoms with E-state index in [0.717, 1.165) is 4.40 Å². The Bertz CT molecular complexity index is 697. The number of carbonyl (C=O) groups excluding carboxylic acids is 1. The van der Waals surface area contributed by atoms with Crippen LogP contribution >= 0.6 is 0 Å². The smallest absolute Gasteiger partial charge is 0.354 e. The Morgan fingerprint density at radius 1 is 1.42 bits per heavy atom. The molecular weight excluding hydrogens is 250 g/mol. The largest absolute Gasteiger partial charge is 0.364 e. The first kappa shape index (κ1) is 13.1. The van der Waals surface area contributed by atoms with Crippen molar-refractivity contribution >= 4 is 11.6 Å². The van der Waals surface area contributed by atoms with Gasteiger partial charge in [-0.25, -0.2) is 14.2 Å². The number of fused-ring (bicyclic) bond motifs is 1. The van der Waals surface area contributed by atoms with E-state index in [9.17, 15) is 9.59 Å². The highest BCUT2D eigenvalue weighted by Gasteiger charge is 2.27. The number of imidazole rings is 1. The molecule has 2 aromatic rings. The van der Waals surface area contributed by atoms with Crippen molar-refractivity contribution in [3.05, 3.63) is 22.5 Å². The summed E-state index contributed by atoms with van der Waals surface area (Å²) in [5.74, 6) is -0.749. The Morgan fingerprint density at radius 2 is 2.05 bits per heavy atom. The van der Waals surface area contributed by atoms with Gasteiger partial charge in [-0.3, -0.25) is 9.69 Å². The number of carbonyl (C=O) groups is 1. The zero-order valence-corrected chi connectivity index (χ0v) is 11.2. The highest BCUT2D eigenvalue weighted by Crippen LogP contribution is 2.13. The summed E-state index contributed by atoms with van der Waals surface area (Å²) in [6, 6.07) is 0. The normalized spacial score (nSPS) is 12.3. The van der Waals surface area contributed by atoms with Gasteiger partial charge in [0.25, 0.3) is 5.91 Å². The van der Waals surface area contributed by atoms with E-state index < -0.39 is 17.3 Å². The number of nitrogens with zero attached hydrogens (tertiary/aromatic N) is 6. The fourth-order valence-corrected chi connectivity index (χ4v) is 1.51. The molecule has 2 heterocycles. The predicted octanol–water partition coefficient (Wildman–Crippen LogP) is -1.36. The van der Waals surface area contributed by atoms with Crippen molar-refractivity contribution in [3.63, 3.8) is 0 Å². The van der Waals surface area contributed by atoms with Gasteiger partial charge in [0.05, 0.1) is 0 Å². The van der Waals surface area contributed by atoms with Crippen molar-refractivity contribution in [2.24, 2.45) is 5.73 Å². The average molecular weight is 265 g/mol. The molecule has 2 N–H and O–H groups in total. The standard InChI is InChI=1S/C10H15N7O2/c1-10(2,15(3)4)17-9(19)16-5-12-6(7(11)18)8(16)13-14-17/h5H,1-4H3,(H2,11,18). The van der Waals surface area contributed by atoms with E-state index in [0.29, 0.717) is 0 Å². The van der Waals surface area contributed by atoms with Crippen LogP contribution in [0.15, 0.2) is 11.1 Å². The molecule has 0 unspecified atom stereocenters. The van der Waals surface area contributed by atoms with Crippen LogP contribution < -0.4 is 11.4 Å². The number of hydrogen-bond acceptors (Lipinski definition) is 6. The summed E-state index contributed by atoms with van der Waals surface area (Å²) in [5.41, 5.74) is 4.02. The van der Waals surface area contributed by atoms with Crippen LogP contribution in [-0.2, 0) is 5.66 Å². The summed E-state index contributed by atoms with van der Waals surface area (Å²) in [6.07, 6.45) is 1.22. The van der Waals surface area contributed by atoms with Crippen molar-refractivity contribution in [1.82, 2.24) is 29.3 Å². The fraction of sp³-hybridized carbons (Fsp3) is 0.500. The molecule has 9 heteroatoms. The highest BCUT2D eigenvalue weighted by molar-refractivity contribution is 5.96. The van der Waals surface area contributed by atoms with Crippen molar-refractivity contribution in [2.45, 2.75) is 19.5 Å². The molecule has 0 saturated carbocycles. The molecule has 2 aromatic heterocycles. The molecule has 9 nitrogen and oxygen atoms in total. The van der Waals surface area contributed by atoms with Gasteiger partial charge in [-0.05, 0) is 27.9 Å². The molecule has 0 fully saturated rings. The van der Waals surface area contributed by atoms with Crippen LogP contribution in [0.2, 0.25) is 0 Å². The minimum Gasteiger partial charge on any atom is -0.364 e. The number of primary amides is 1. The summed E-state index contributed by atoms with van der Waals surface area (Å²) in [7, 11) is 3.64. The van der Waals surface area contributed by atoms with Gasteiger partial charge in [0.1, 0.15) is 12.0 Å². The number of nitrogens with two attached hydrogens (primary N) is 1. The van der Waals surface area contributed by atoms with Gasteiger partial charge in [-0.2, -0.15) is 4.68 Å². The van der Waals surface area contributed by atoms with Crippen molar-refractivity contribution < 1.29 is 4.79 Å². The maximum atomic E-state index is 12.3. The third-order valence-corrected chi connectivity index (χ3v) is 3.20. The van der Waals surface area contributed by atoms with E-state index in [-0.39, 0.29) is 11.3 Å². The molecule has 0 spiro atoms. The maximum absolute atomic E-state index is 12.3. The Hall–Kier alpha value is -2.29. The summed E-state index contributed by atoms with van der Waals surface area (Å²) in [5, 5.41) is 7.72. The van der Waals surface area contributed by atoms with Gasteiger partial charge >= 0.3 is 5.69 Å². The van der Waals surface area contributed by atoms with Gasteiger partial charge in [0, 0.05) is 0 Å². The third kappa shape index (κ3) is 1.87. The van der Waals surface area contributed by atoms with Crippen LogP contribution in [0.5, 0.6) is 0 Å². The lowest BCUT2D eigenvalue weighted by atomic mass is 10.2. The Labute approximate surface area is 108 Å². The Kier molecular flexibility index (Phi) is 2.85. The summed E-state index contributed by atoms with van der Waals surface area (Å²) < 4.78 is 2.37. The molecule has 0 aromatic carbocycles. The average Bonchev–Trinajstić information content (AvgIpc) is 2.73. The van der Waals surface area contributed by atoms with Gasteiger partial charge in [0.15, 0.2) is 11.3 Å². The van der Waals surface area contributed by atoms with E-state index in [1.165, 1.54) is 11.0 Å². The van der Waals surface area contributed by atoms with Crippen LogP contribution in [0.25, 0.3) is 5.65 Å². The van der Waals surface area contributed by atoms with E-state index in [1.807, 2.05) is 32.8 Å². The molecule has 0 aliphatic rings. The second-order valence-corrected chi connectivity index (χ2v) is 4.82. The molecule has 2 rings (SSSR count). The number of aromatic nitrogens is 5. The zero-order chi connectivity index (χ0) is 14.4. The number of rotatable bonds is 3. The molecule has 0 atom stereocenters. The van der Waals surface area contributed by atoms with Crippen molar-refractivity contribution in [2.75, 3.05) is 14.1 Å². The minimum atomic E-state index is -0.749. The van der Waals surface area contributed by atoms with Crippen LogP contribution in [0.4, 0.5) is 0 Å². The zero-order valence-electron chi connectivity index (χ0n) is 11.2. The van der Waals surface area contributed by atoms with Crippen molar-refractivity contribution in [1.29, 1.82) is 0 Å². The molecule has 0 radical (unpaired) electrons. The number of hydrogen-bond donors (Lipinski definition) is 1. The highest BCUT2D eigenvalue weighted by atomic mass is 16.2. The van der Waals surface area contributed by atoms with Crippen molar-refractivity contribution in [3.8, 4) is 0 Å². The summed E-state index contributed by atoms with van der Waals surface area (Å²) >= 11 is 0. The third-order valence-electron chi connectivity index (χ3n) is 3.20. The van der Waals surface area contributed by atoms with Gasteiger partial charge in [-0.1, -0.05) is 5.21 Å². The first-order valence-electron chi connectivity index (χ1n) is 5.57. The summed E-state index contributed by atoms with van der Waals surface area (Å²) in [6.45, 7) is 3.64. The van der Waals surface area contributed by atoms with E-state index in [4.69, 9.17) is 5.73 Å². The lowest BCUT2D eigenvalue weighted by Gasteiger charge is -2.32. The summed E-state index contributed by atoms with van der Waals surface area (Å²) in [4.78, 5) is 29.1. The van der Waals surface area contributed by atoms with Gasteiger partial charge < -0.3 is 5.73 Å². The monoisotopic (exact) mass is 265 g/mol. The molecule has 0 bridgehead atoms. The van der Waals surface area contributed by atoms with E-state index in [1.54, 1.807) is 0 Å². The maximum Gasteiger partial charge on any atom is 0.354 e. The molecular formula is C10H15N7O2. The van der Waals surface area contributed by atoms with Crippen LogP contribution in [0, 0.1) is 0 Å². The minimum absolute atomic E-state index is 0.0586. The lowest BCUT2D eigenvalue weighted by Crippen LogP contribution is -2.49. The molecule has 1 amide bonds. The second kappa shape index (κ2) is 4.12. The van der Waals surface area contributed by atoms with Crippen LogP contribution in [0.1, 0.15) is 24.3 Å². The first-order valence-corrected chi connectivity index (χ1v) is 5.57. The fourth-order valence-electron chi connectivity index (χ4n) is 1.51. The lowest BCUT2D eigenvalue weighted by molar-refractivity contribution is 0.0818. The molecule has 19 heavy (non-hydrogen) atoms. The molecule has 0 aliphatic heterocycles. The molecule has 102 valence electrons. The second-order valence-electron chi connectivity index (χ2n) is 4.82. The predicted molar refractivity (Wildman–Crippen MR) is 66.6 cm³/mol. The molecule has 0 aliphatic carbocycles. The number of amides is 1. The van der Waals surface area contributed by atoms with Gasteiger partial charge in [0.2, 0.25) is 0 Å². The van der Waals surface area contributed by atoms with Crippen LogP contribution in [-0.4, -0.2) is 49.3 Å². The van der Waals surface area contributed by atoms with E-state index in [2.05, 4.69) is 15.3 Å².